The molecule has 6 nitrogen and oxygen atoms in total. The minimum absolute atomic E-state index is 0.185. The van der Waals surface area contributed by atoms with Gasteiger partial charge < -0.3 is 10.1 Å². The van der Waals surface area contributed by atoms with E-state index in [4.69, 9.17) is 4.74 Å². The van der Waals surface area contributed by atoms with Gasteiger partial charge in [0.2, 0.25) is 15.9 Å². The van der Waals surface area contributed by atoms with E-state index in [1.54, 1.807) is 28.6 Å². The number of amides is 1. The minimum atomic E-state index is -3.52. The summed E-state index contributed by atoms with van der Waals surface area (Å²) in [6, 6.07) is 15.7. The molecule has 156 valence electrons. The molecule has 1 saturated heterocycles. The Morgan fingerprint density at radius 1 is 1.03 bits per heavy atom. The first-order chi connectivity index (χ1) is 13.8. The second-order valence-corrected chi connectivity index (χ2v) is 9.69. The molecule has 0 spiro atoms. The topological polar surface area (TPSA) is 75.7 Å². The Labute approximate surface area is 172 Å². The summed E-state index contributed by atoms with van der Waals surface area (Å²) in [5.74, 6) is 1.24. The summed E-state index contributed by atoms with van der Waals surface area (Å²) in [5.41, 5.74) is 0.564. The highest BCUT2D eigenvalue weighted by Gasteiger charge is 2.31. The lowest BCUT2D eigenvalue weighted by Crippen LogP contribution is -2.42. The lowest BCUT2D eigenvalue weighted by molar-refractivity contribution is -0.116. The summed E-state index contributed by atoms with van der Waals surface area (Å²) in [5, 5.41) is 2.77. The fourth-order valence-electron chi connectivity index (χ4n) is 3.66. The molecule has 7 heteroatoms. The Balaban J connectivity index is 1.54. The highest BCUT2D eigenvalue weighted by Crippen LogP contribution is 2.27. The average molecular weight is 417 g/mol. The third-order valence-corrected chi connectivity index (χ3v) is 6.80. The lowest BCUT2D eigenvalue weighted by Gasteiger charge is -2.34. The molecule has 0 bridgehead atoms. The van der Waals surface area contributed by atoms with Crippen LogP contribution in [0.1, 0.15) is 26.7 Å². The molecule has 2 atom stereocenters. The first-order valence-corrected chi connectivity index (χ1v) is 11.4. The molecule has 29 heavy (non-hydrogen) atoms. The van der Waals surface area contributed by atoms with Crippen LogP contribution in [0.3, 0.4) is 0 Å². The Morgan fingerprint density at radius 2 is 1.66 bits per heavy atom. The van der Waals surface area contributed by atoms with Crippen molar-refractivity contribution < 1.29 is 17.9 Å². The van der Waals surface area contributed by atoms with Crippen LogP contribution < -0.4 is 10.1 Å². The first-order valence-electron chi connectivity index (χ1n) is 9.92. The Bertz CT molecular complexity index is 904. The molecule has 0 aromatic heterocycles. The van der Waals surface area contributed by atoms with E-state index in [0.717, 1.165) is 12.2 Å². The van der Waals surface area contributed by atoms with Gasteiger partial charge in [0.1, 0.15) is 5.75 Å². The van der Waals surface area contributed by atoms with Gasteiger partial charge >= 0.3 is 0 Å². The van der Waals surface area contributed by atoms with Gasteiger partial charge in [0, 0.05) is 18.8 Å². The van der Waals surface area contributed by atoms with Crippen LogP contribution >= 0.6 is 0 Å². The van der Waals surface area contributed by atoms with Crippen molar-refractivity contribution in [1.29, 1.82) is 0 Å². The summed E-state index contributed by atoms with van der Waals surface area (Å²) in [7, 11) is -3.52. The van der Waals surface area contributed by atoms with Gasteiger partial charge in [-0.1, -0.05) is 32.0 Å². The van der Waals surface area contributed by atoms with Crippen LogP contribution in [0, 0.1) is 11.8 Å². The maximum absolute atomic E-state index is 12.9. The molecule has 1 aliphatic rings. The number of ether oxygens (including phenoxy) is 1. The van der Waals surface area contributed by atoms with Crippen LogP contribution in [-0.4, -0.2) is 38.3 Å². The molecule has 3 rings (SSSR count). The standard InChI is InChI=1S/C22H28N2O4S/c1-17-14-18(2)16-24(15-17)29(26,27)21-10-8-19(9-11-21)23-22(25)12-13-28-20-6-4-3-5-7-20/h3-11,17-18H,12-16H2,1-2H3,(H,23,25)/t17-,18-/m1/s1. The summed E-state index contributed by atoms with van der Waals surface area (Å²) in [6.45, 7) is 5.53. The molecule has 1 fully saturated rings. The van der Waals surface area contributed by atoms with E-state index in [-0.39, 0.29) is 23.8 Å². The number of nitrogens with one attached hydrogen (secondary N) is 1. The third kappa shape index (κ3) is 5.81. The number of para-hydroxylation sites is 1. The molecule has 1 heterocycles. The number of rotatable bonds is 7. The molecule has 2 aromatic rings. The van der Waals surface area contributed by atoms with E-state index in [2.05, 4.69) is 19.2 Å². The highest BCUT2D eigenvalue weighted by atomic mass is 32.2. The summed E-state index contributed by atoms with van der Waals surface area (Å²) in [4.78, 5) is 12.3. The van der Waals surface area contributed by atoms with Crippen molar-refractivity contribution in [1.82, 2.24) is 4.31 Å². The van der Waals surface area contributed by atoms with Crippen molar-refractivity contribution >= 4 is 21.6 Å². The Kier molecular flexibility index (Phi) is 6.92. The smallest absolute Gasteiger partial charge is 0.243 e. The monoisotopic (exact) mass is 416 g/mol. The molecule has 1 aliphatic heterocycles. The SMILES string of the molecule is C[C@@H]1C[C@@H](C)CN(S(=O)(=O)c2ccc(NC(=O)CCOc3ccccc3)cc2)C1. The number of piperidine rings is 1. The number of anilines is 1. The molecule has 1 N–H and O–H groups in total. The molecule has 0 saturated carbocycles. The second kappa shape index (κ2) is 9.41. The van der Waals surface area contributed by atoms with E-state index in [9.17, 15) is 13.2 Å². The predicted molar refractivity (Wildman–Crippen MR) is 113 cm³/mol. The zero-order valence-corrected chi connectivity index (χ0v) is 17.7. The maximum atomic E-state index is 12.9. The maximum Gasteiger partial charge on any atom is 0.243 e. The minimum Gasteiger partial charge on any atom is -0.493 e. The van der Waals surface area contributed by atoms with E-state index >= 15 is 0 Å². The van der Waals surface area contributed by atoms with E-state index < -0.39 is 10.0 Å². The van der Waals surface area contributed by atoms with Crippen molar-refractivity contribution in [3.63, 3.8) is 0 Å². The molecular weight excluding hydrogens is 388 g/mol. The zero-order chi connectivity index (χ0) is 20.9. The molecule has 0 radical (unpaired) electrons. The van der Waals surface area contributed by atoms with Gasteiger partial charge in [-0.3, -0.25) is 4.79 Å². The number of sulfonamides is 1. The number of hydrogen-bond donors (Lipinski definition) is 1. The lowest BCUT2D eigenvalue weighted by atomic mass is 9.94. The Morgan fingerprint density at radius 3 is 2.28 bits per heavy atom. The normalized spacial score (nSPS) is 20.2. The predicted octanol–water partition coefficient (Wildman–Crippen LogP) is 3.76. The Hall–Kier alpha value is -2.38. The van der Waals surface area contributed by atoms with E-state index in [1.807, 2.05) is 30.3 Å². The van der Waals surface area contributed by atoms with Gasteiger partial charge in [-0.25, -0.2) is 8.42 Å². The van der Waals surface area contributed by atoms with Crippen LogP contribution in [-0.2, 0) is 14.8 Å². The van der Waals surface area contributed by atoms with Crippen molar-refractivity contribution in [3.8, 4) is 5.75 Å². The third-order valence-electron chi connectivity index (χ3n) is 4.95. The van der Waals surface area contributed by atoms with Crippen molar-refractivity contribution in [3.05, 3.63) is 54.6 Å². The van der Waals surface area contributed by atoms with Crippen LogP contribution in [0.5, 0.6) is 5.75 Å². The van der Waals surface area contributed by atoms with Crippen molar-refractivity contribution in [2.45, 2.75) is 31.6 Å². The van der Waals surface area contributed by atoms with Gasteiger partial charge in [0.15, 0.2) is 0 Å². The second-order valence-electron chi connectivity index (χ2n) is 7.75. The van der Waals surface area contributed by atoms with Crippen molar-refractivity contribution in [2.75, 3.05) is 25.0 Å². The fourth-order valence-corrected chi connectivity index (χ4v) is 5.34. The number of carbonyl (C=O) groups excluding carboxylic acids is 1. The quantitative estimate of drug-likeness (QED) is 0.746. The molecule has 0 aliphatic carbocycles. The summed E-state index contributed by atoms with van der Waals surface area (Å²) < 4.78 is 32.9. The van der Waals surface area contributed by atoms with Crippen LogP contribution in [0.2, 0.25) is 0 Å². The van der Waals surface area contributed by atoms with E-state index in [0.29, 0.717) is 30.6 Å². The largest absolute Gasteiger partial charge is 0.493 e. The summed E-state index contributed by atoms with van der Waals surface area (Å²) >= 11 is 0. The first kappa shape index (κ1) is 21.3. The van der Waals surface area contributed by atoms with Crippen molar-refractivity contribution in [2.24, 2.45) is 11.8 Å². The number of benzene rings is 2. The fraction of sp³-hybridized carbons (Fsp3) is 0.409. The number of hydrogen-bond acceptors (Lipinski definition) is 4. The van der Waals surface area contributed by atoms with E-state index in [1.165, 1.54) is 0 Å². The molecule has 1 amide bonds. The molecule has 0 unspecified atom stereocenters. The number of nitrogens with zero attached hydrogens (tertiary/aromatic N) is 1. The van der Waals surface area contributed by atoms with Crippen LogP contribution in [0.25, 0.3) is 0 Å². The van der Waals surface area contributed by atoms with Gasteiger partial charge in [-0.05, 0) is 54.7 Å². The highest BCUT2D eigenvalue weighted by molar-refractivity contribution is 7.89. The van der Waals surface area contributed by atoms with Crippen LogP contribution in [0.15, 0.2) is 59.5 Å². The molecule has 2 aromatic carbocycles. The van der Waals surface area contributed by atoms with Crippen LogP contribution in [0.4, 0.5) is 5.69 Å². The zero-order valence-electron chi connectivity index (χ0n) is 16.9. The van der Waals surface area contributed by atoms with Gasteiger partial charge in [-0.2, -0.15) is 4.31 Å². The average Bonchev–Trinajstić information content (AvgIpc) is 2.68. The molecular formula is C22H28N2O4S. The van der Waals surface area contributed by atoms with Gasteiger partial charge in [0.05, 0.1) is 17.9 Å². The number of carbonyl (C=O) groups is 1. The van der Waals surface area contributed by atoms with Gasteiger partial charge in [-0.15, -0.1) is 0 Å². The summed E-state index contributed by atoms with van der Waals surface area (Å²) in [6.07, 6.45) is 1.25. The van der Waals surface area contributed by atoms with Gasteiger partial charge in [0.25, 0.3) is 0 Å².